The summed E-state index contributed by atoms with van der Waals surface area (Å²) in [5.41, 5.74) is 1.20. The lowest BCUT2D eigenvalue weighted by Crippen LogP contribution is -2.54. The van der Waals surface area contributed by atoms with E-state index in [2.05, 4.69) is 17.6 Å². The van der Waals surface area contributed by atoms with Gasteiger partial charge in [0.15, 0.2) is 0 Å². The van der Waals surface area contributed by atoms with Crippen LogP contribution in [-0.4, -0.2) is 47.0 Å². The summed E-state index contributed by atoms with van der Waals surface area (Å²) in [6.07, 6.45) is 9.08. The zero-order valence-corrected chi connectivity index (χ0v) is 25.5. The Hall–Kier alpha value is -2.57. The quantitative estimate of drug-likeness (QED) is 0.267. The smallest absolute Gasteiger partial charge is 0.408 e. The summed E-state index contributed by atoms with van der Waals surface area (Å²) in [6.45, 7) is 14.1. The fourth-order valence-corrected chi connectivity index (χ4v) is 5.17. The number of amides is 3. The zero-order valence-electron chi connectivity index (χ0n) is 25.5. The lowest BCUT2D eigenvalue weighted by atomic mass is 9.94. The molecule has 0 aliphatic heterocycles. The molecule has 2 N–H and O–H groups in total. The van der Waals surface area contributed by atoms with E-state index in [0.717, 1.165) is 62.5 Å². The molecule has 1 aromatic rings. The van der Waals surface area contributed by atoms with E-state index in [9.17, 15) is 14.4 Å². The van der Waals surface area contributed by atoms with Crippen molar-refractivity contribution in [3.05, 3.63) is 35.4 Å². The van der Waals surface area contributed by atoms with Gasteiger partial charge < -0.3 is 20.3 Å². The van der Waals surface area contributed by atoms with Gasteiger partial charge in [-0.2, -0.15) is 0 Å². The summed E-state index contributed by atoms with van der Waals surface area (Å²) in [6, 6.07) is 6.44. The van der Waals surface area contributed by atoms with Crippen LogP contribution in [0.2, 0.25) is 0 Å². The van der Waals surface area contributed by atoms with Crippen LogP contribution < -0.4 is 10.6 Å². The highest BCUT2D eigenvalue weighted by atomic mass is 16.6. The first-order valence-electron chi connectivity index (χ1n) is 15.1. The van der Waals surface area contributed by atoms with Crippen LogP contribution in [0.15, 0.2) is 24.3 Å². The molecule has 0 aromatic heterocycles. The highest BCUT2D eigenvalue weighted by molar-refractivity contribution is 5.92. The molecule has 0 spiro atoms. The van der Waals surface area contributed by atoms with Gasteiger partial charge in [0.25, 0.3) is 0 Å². The van der Waals surface area contributed by atoms with Crippen LogP contribution in [0, 0.1) is 12.8 Å². The summed E-state index contributed by atoms with van der Waals surface area (Å²) in [5.74, 6) is -0.227. The molecule has 0 bridgehead atoms. The average molecular weight is 544 g/mol. The minimum atomic E-state index is -0.790. The van der Waals surface area contributed by atoms with Crippen LogP contribution in [0.25, 0.3) is 0 Å². The number of hydrogen-bond donors (Lipinski definition) is 2. The second-order valence-electron chi connectivity index (χ2n) is 12.6. The predicted molar refractivity (Wildman–Crippen MR) is 157 cm³/mol. The molecule has 1 aromatic carbocycles. The first-order valence-corrected chi connectivity index (χ1v) is 15.1. The second kappa shape index (κ2) is 15.9. The number of carbonyl (C=O) groups is 3. The molecule has 1 saturated carbocycles. The van der Waals surface area contributed by atoms with Crippen LogP contribution in [-0.2, 0) is 14.3 Å². The molecular formula is C32H53N3O4. The van der Waals surface area contributed by atoms with Crippen molar-refractivity contribution in [2.75, 3.05) is 6.54 Å². The van der Waals surface area contributed by atoms with Gasteiger partial charge in [0.1, 0.15) is 17.7 Å². The lowest BCUT2D eigenvalue weighted by molar-refractivity contribution is -0.143. The van der Waals surface area contributed by atoms with Crippen molar-refractivity contribution in [3.8, 4) is 0 Å². The van der Waals surface area contributed by atoms with Crippen LogP contribution in [0.3, 0.4) is 0 Å². The number of benzene rings is 1. The molecule has 1 aliphatic carbocycles. The fraction of sp³-hybridized carbons (Fsp3) is 0.719. The molecule has 7 heteroatoms. The van der Waals surface area contributed by atoms with Gasteiger partial charge in [-0.3, -0.25) is 9.59 Å². The molecule has 0 saturated heterocycles. The van der Waals surface area contributed by atoms with Crippen molar-refractivity contribution in [2.45, 2.75) is 136 Å². The van der Waals surface area contributed by atoms with Crippen LogP contribution in [0.5, 0.6) is 0 Å². The number of hydrogen-bond acceptors (Lipinski definition) is 4. The van der Waals surface area contributed by atoms with Gasteiger partial charge in [-0.25, -0.2) is 4.79 Å². The maximum atomic E-state index is 14.3. The third kappa shape index (κ3) is 11.6. The van der Waals surface area contributed by atoms with Crippen molar-refractivity contribution in [1.29, 1.82) is 0 Å². The van der Waals surface area contributed by atoms with Gasteiger partial charge in [-0.1, -0.05) is 89.1 Å². The summed E-state index contributed by atoms with van der Waals surface area (Å²) in [4.78, 5) is 42.7. The maximum Gasteiger partial charge on any atom is 0.408 e. The molecule has 3 amide bonds. The molecule has 1 aliphatic rings. The van der Waals surface area contributed by atoms with Crippen molar-refractivity contribution < 1.29 is 19.1 Å². The van der Waals surface area contributed by atoms with E-state index >= 15 is 0 Å². The standard InChI is InChI=1S/C32H53N3O4/c1-8-9-10-14-21-35(30(37)27(22-23(2)3)34-31(38)39-32(5,6)7)28(25-19-17-24(4)18-20-25)29(36)33-26-15-12-11-13-16-26/h17-20,23,26-28H,8-16,21-22H2,1-7H3,(H,33,36)(H,34,38). The number of ether oxygens (including phenoxy) is 1. The molecule has 39 heavy (non-hydrogen) atoms. The Bertz CT molecular complexity index is 901. The topological polar surface area (TPSA) is 87.7 Å². The summed E-state index contributed by atoms with van der Waals surface area (Å²) < 4.78 is 5.50. The van der Waals surface area contributed by atoms with E-state index < -0.39 is 23.8 Å². The van der Waals surface area contributed by atoms with Gasteiger partial charge in [0.2, 0.25) is 11.8 Å². The molecular weight excluding hydrogens is 490 g/mol. The van der Waals surface area contributed by atoms with E-state index in [4.69, 9.17) is 4.74 Å². The minimum absolute atomic E-state index is 0.127. The molecule has 7 nitrogen and oxygen atoms in total. The molecule has 1 fully saturated rings. The molecule has 220 valence electrons. The van der Waals surface area contributed by atoms with Crippen molar-refractivity contribution >= 4 is 17.9 Å². The predicted octanol–water partition coefficient (Wildman–Crippen LogP) is 6.83. The van der Waals surface area contributed by atoms with Crippen LogP contribution in [0.4, 0.5) is 4.79 Å². The summed E-state index contributed by atoms with van der Waals surface area (Å²) in [7, 11) is 0. The van der Waals surface area contributed by atoms with Crippen molar-refractivity contribution in [2.24, 2.45) is 5.92 Å². The lowest BCUT2D eigenvalue weighted by Gasteiger charge is -2.36. The Labute approximate surface area is 236 Å². The number of carbonyl (C=O) groups excluding carboxylic acids is 3. The number of alkyl carbamates (subject to hydrolysis) is 1. The maximum absolute atomic E-state index is 14.3. The first kappa shape index (κ1) is 32.6. The Kier molecular flexibility index (Phi) is 13.3. The number of nitrogens with zero attached hydrogens (tertiary/aromatic N) is 1. The van der Waals surface area contributed by atoms with Gasteiger partial charge >= 0.3 is 6.09 Å². The first-order chi connectivity index (χ1) is 18.4. The molecule has 0 radical (unpaired) electrons. The Balaban J connectivity index is 2.45. The van der Waals surface area contributed by atoms with Crippen LogP contribution in [0.1, 0.15) is 123 Å². The van der Waals surface area contributed by atoms with Crippen molar-refractivity contribution in [3.63, 3.8) is 0 Å². The Morgan fingerprint density at radius 1 is 1.00 bits per heavy atom. The zero-order chi connectivity index (χ0) is 29.0. The summed E-state index contributed by atoms with van der Waals surface area (Å²) >= 11 is 0. The fourth-order valence-electron chi connectivity index (χ4n) is 5.17. The Morgan fingerprint density at radius 3 is 2.21 bits per heavy atom. The average Bonchev–Trinajstić information content (AvgIpc) is 2.85. The van der Waals surface area contributed by atoms with E-state index in [1.165, 1.54) is 6.42 Å². The number of unbranched alkanes of at least 4 members (excludes halogenated alkanes) is 3. The molecule has 2 rings (SSSR count). The van der Waals surface area contributed by atoms with Gasteiger partial charge in [-0.15, -0.1) is 0 Å². The largest absolute Gasteiger partial charge is 0.444 e. The monoisotopic (exact) mass is 543 g/mol. The van der Waals surface area contributed by atoms with Gasteiger partial charge in [-0.05, 0) is 64.9 Å². The van der Waals surface area contributed by atoms with Crippen molar-refractivity contribution in [1.82, 2.24) is 15.5 Å². The van der Waals surface area contributed by atoms with E-state index in [0.29, 0.717) is 13.0 Å². The normalized spacial score (nSPS) is 15.9. The molecule has 2 unspecified atom stereocenters. The van der Waals surface area contributed by atoms with Gasteiger partial charge in [0.05, 0.1) is 0 Å². The second-order valence-corrected chi connectivity index (χ2v) is 12.6. The molecule has 0 heterocycles. The number of nitrogens with one attached hydrogen (secondary N) is 2. The van der Waals surface area contributed by atoms with E-state index in [1.807, 2.05) is 45.0 Å². The third-order valence-corrected chi connectivity index (χ3v) is 7.14. The number of aryl methyl sites for hydroxylation is 1. The minimum Gasteiger partial charge on any atom is -0.444 e. The van der Waals surface area contributed by atoms with E-state index in [1.54, 1.807) is 25.7 Å². The van der Waals surface area contributed by atoms with Crippen LogP contribution >= 0.6 is 0 Å². The van der Waals surface area contributed by atoms with Gasteiger partial charge in [0, 0.05) is 12.6 Å². The SMILES string of the molecule is CCCCCCN(C(=O)C(CC(C)C)NC(=O)OC(C)(C)C)C(C(=O)NC1CCCCC1)c1ccc(C)cc1. The number of rotatable bonds is 13. The molecule has 2 atom stereocenters. The summed E-state index contributed by atoms with van der Waals surface area (Å²) in [5, 5.41) is 6.11. The highest BCUT2D eigenvalue weighted by Crippen LogP contribution is 2.27. The van der Waals surface area contributed by atoms with E-state index in [-0.39, 0.29) is 23.8 Å². The third-order valence-electron chi connectivity index (χ3n) is 7.14. The highest BCUT2D eigenvalue weighted by Gasteiger charge is 2.37. The Morgan fingerprint density at radius 2 is 1.64 bits per heavy atom.